The van der Waals surface area contributed by atoms with E-state index in [1.807, 2.05) is 31.2 Å². The van der Waals surface area contributed by atoms with Crippen molar-refractivity contribution >= 4 is 21.6 Å². The number of ether oxygens (including phenoxy) is 2. The first kappa shape index (κ1) is 22.1. The van der Waals surface area contributed by atoms with Gasteiger partial charge in [-0.2, -0.15) is 0 Å². The summed E-state index contributed by atoms with van der Waals surface area (Å²) in [6, 6.07) is 12.4. The molecule has 1 heterocycles. The van der Waals surface area contributed by atoms with Gasteiger partial charge in [0.1, 0.15) is 11.5 Å². The maximum absolute atomic E-state index is 12.8. The van der Waals surface area contributed by atoms with Crippen LogP contribution in [0.1, 0.15) is 31.7 Å². The van der Waals surface area contributed by atoms with Crippen molar-refractivity contribution in [2.45, 2.75) is 37.5 Å². The summed E-state index contributed by atoms with van der Waals surface area (Å²) in [5.74, 6) is 1.29. The van der Waals surface area contributed by atoms with Gasteiger partial charge >= 0.3 is 0 Å². The molecular weight excluding hydrogens is 404 g/mol. The lowest BCUT2D eigenvalue weighted by atomic mass is 10.1. The molecule has 1 aliphatic heterocycles. The van der Waals surface area contributed by atoms with Gasteiger partial charge < -0.3 is 14.4 Å². The lowest BCUT2D eigenvalue weighted by Gasteiger charge is -2.20. The fourth-order valence-corrected chi connectivity index (χ4v) is 4.62. The van der Waals surface area contributed by atoms with E-state index >= 15 is 0 Å². The first-order chi connectivity index (χ1) is 14.5. The maximum Gasteiger partial charge on any atom is 0.240 e. The number of aryl methyl sites for hydroxylation is 1. The number of rotatable bonds is 10. The van der Waals surface area contributed by atoms with Gasteiger partial charge in [-0.15, -0.1) is 0 Å². The molecule has 1 amide bonds. The topological polar surface area (TPSA) is 84.9 Å². The number of nitrogens with zero attached hydrogens (tertiary/aromatic N) is 1. The van der Waals surface area contributed by atoms with Crippen LogP contribution in [0.5, 0.6) is 11.5 Å². The zero-order valence-electron chi connectivity index (χ0n) is 17.4. The number of para-hydroxylation sites is 1. The number of carbonyl (C=O) groups excluding carboxylic acids is 1. The number of carbonyl (C=O) groups is 1. The Hall–Kier alpha value is -2.58. The van der Waals surface area contributed by atoms with Gasteiger partial charge in [-0.3, -0.25) is 4.79 Å². The molecule has 30 heavy (non-hydrogen) atoms. The van der Waals surface area contributed by atoms with E-state index in [9.17, 15) is 13.2 Å². The second kappa shape index (κ2) is 9.95. The first-order valence-electron chi connectivity index (χ1n) is 10.1. The smallest absolute Gasteiger partial charge is 0.240 e. The molecule has 1 aliphatic rings. The highest BCUT2D eigenvalue weighted by Crippen LogP contribution is 2.33. The molecule has 7 nitrogen and oxygen atoms in total. The third-order valence-electron chi connectivity index (χ3n) is 5.01. The molecule has 2 aromatic carbocycles. The molecule has 0 atom stereocenters. The second-order valence-corrected chi connectivity index (χ2v) is 8.79. The van der Waals surface area contributed by atoms with E-state index in [0.29, 0.717) is 50.4 Å². The van der Waals surface area contributed by atoms with Crippen LogP contribution in [-0.4, -0.2) is 41.1 Å². The van der Waals surface area contributed by atoms with Crippen molar-refractivity contribution in [3.05, 3.63) is 48.0 Å². The Balaban J connectivity index is 1.66. The lowest BCUT2D eigenvalue weighted by Crippen LogP contribution is -2.27. The van der Waals surface area contributed by atoms with E-state index < -0.39 is 10.0 Å². The number of benzene rings is 2. The van der Waals surface area contributed by atoms with Crippen LogP contribution in [0.15, 0.2) is 47.4 Å². The highest BCUT2D eigenvalue weighted by molar-refractivity contribution is 7.89. The molecular formula is C22H28N2O5S. The Kier molecular flexibility index (Phi) is 7.33. The summed E-state index contributed by atoms with van der Waals surface area (Å²) in [6.07, 6.45) is 2.55. The minimum atomic E-state index is -3.70. The highest BCUT2D eigenvalue weighted by atomic mass is 32.2. The molecule has 0 bridgehead atoms. The third kappa shape index (κ3) is 5.12. The molecule has 162 valence electrons. The van der Waals surface area contributed by atoms with E-state index in [4.69, 9.17) is 9.47 Å². The predicted molar refractivity (Wildman–Crippen MR) is 116 cm³/mol. The van der Waals surface area contributed by atoms with Crippen LogP contribution in [0.3, 0.4) is 0 Å². The minimum Gasteiger partial charge on any atom is -0.495 e. The quantitative estimate of drug-likeness (QED) is 0.583. The van der Waals surface area contributed by atoms with Crippen LogP contribution in [0.2, 0.25) is 0 Å². The molecule has 2 aromatic rings. The summed E-state index contributed by atoms with van der Waals surface area (Å²) in [4.78, 5) is 13.8. The van der Waals surface area contributed by atoms with Crippen molar-refractivity contribution in [3.8, 4) is 11.5 Å². The number of hydrogen-bond donors (Lipinski definition) is 1. The average molecular weight is 433 g/mol. The number of anilines is 1. The fraction of sp³-hybridized carbons (Fsp3) is 0.409. The molecule has 0 aliphatic carbocycles. The Morgan fingerprint density at radius 2 is 1.93 bits per heavy atom. The number of sulfonamides is 1. The molecule has 1 saturated heterocycles. The van der Waals surface area contributed by atoms with E-state index in [2.05, 4.69) is 4.72 Å². The first-order valence-corrected chi connectivity index (χ1v) is 11.6. The van der Waals surface area contributed by atoms with Crippen LogP contribution in [0, 0.1) is 0 Å². The zero-order chi connectivity index (χ0) is 21.6. The summed E-state index contributed by atoms with van der Waals surface area (Å²) < 4.78 is 39.2. The van der Waals surface area contributed by atoms with E-state index in [1.165, 1.54) is 19.2 Å². The third-order valence-corrected chi connectivity index (χ3v) is 6.47. The van der Waals surface area contributed by atoms with Crippen LogP contribution < -0.4 is 19.1 Å². The molecule has 0 saturated carbocycles. The van der Waals surface area contributed by atoms with Gasteiger partial charge in [0.05, 0.1) is 24.3 Å². The van der Waals surface area contributed by atoms with Gasteiger partial charge in [-0.05, 0) is 56.0 Å². The van der Waals surface area contributed by atoms with E-state index in [1.54, 1.807) is 11.0 Å². The van der Waals surface area contributed by atoms with Crippen LogP contribution >= 0.6 is 0 Å². The van der Waals surface area contributed by atoms with E-state index in [0.717, 1.165) is 17.7 Å². The van der Waals surface area contributed by atoms with Crippen LogP contribution in [-0.2, 0) is 21.2 Å². The fourth-order valence-electron chi connectivity index (χ4n) is 3.53. The summed E-state index contributed by atoms with van der Waals surface area (Å²) in [5, 5.41) is 0. The summed E-state index contributed by atoms with van der Waals surface area (Å²) in [7, 11) is -2.20. The van der Waals surface area contributed by atoms with Gasteiger partial charge in [0.25, 0.3) is 0 Å². The van der Waals surface area contributed by atoms with E-state index in [-0.39, 0.29) is 10.8 Å². The molecule has 0 spiro atoms. The lowest BCUT2D eigenvalue weighted by molar-refractivity contribution is -0.117. The Bertz CT molecular complexity index is 991. The van der Waals surface area contributed by atoms with Gasteiger partial charge in [0.15, 0.2) is 0 Å². The molecule has 0 radical (unpaired) electrons. The van der Waals surface area contributed by atoms with Crippen LogP contribution in [0.4, 0.5) is 5.69 Å². The summed E-state index contributed by atoms with van der Waals surface area (Å²) in [6.45, 7) is 3.38. The van der Waals surface area contributed by atoms with Gasteiger partial charge in [0, 0.05) is 19.5 Å². The van der Waals surface area contributed by atoms with Gasteiger partial charge in [0.2, 0.25) is 15.9 Å². The van der Waals surface area contributed by atoms with Crippen molar-refractivity contribution in [3.63, 3.8) is 0 Å². The zero-order valence-corrected chi connectivity index (χ0v) is 18.2. The van der Waals surface area contributed by atoms with Crippen molar-refractivity contribution in [2.75, 3.05) is 31.7 Å². The average Bonchev–Trinajstić information content (AvgIpc) is 3.17. The number of methoxy groups -OCH3 is 1. The summed E-state index contributed by atoms with van der Waals surface area (Å²) >= 11 is 0. The SMILES string of the molecule is CCOc1ccccc1CCCNS(=O)(=O)c1ccc(OC)c(N2CCCC2=O)c1. The van der Waals surface area contributed by atoms with Crippen LogP contribution in [0.25, 0.3) is 0 Å². The highest BCUT2D eigenvalue weighted by Gasteiger charge is 2.26. The Morgan fingerprint density at radius 3 is 2.63 bits per heavy atom. The Labute approximate surface area is 178 Å². The van der Waals surface area contributed by atoms with Crippen molar-refractivity contribution in [2.24, 2.45) is 0 Å². The molecule has 1 N–H and O–H groups in total. The monoisotopic (exact) mass is 432 g/mol. The normalized spacial score (nSPS) is 14.2. The second-order valence-electron chi connectivity index (χ2n) is 7.02. The molecule has 1 fully saturated rings. The molecule has 0 aromatic heterocycles. The molecule has 0 unspecified atom stereocenters. The molecule has 8 heteroatoms. The summed E-state index contributed by atoms with van der Waals surface area (Å²) in [5.41, 5.74) is 1.55. The van der Waals surface area contributed by atoms with Gasteiger partial charge in [-0.1, -0.05) is 18.2 Å². The number of amides is 1. The standard InChI is InChI=1S/C22H28N2O5S/c1-3-29-20-10-5-4-8-17(20)9-6-14-23-30(26,27)18-12-13-21(28-2)19(16-18)24-15-7-11-22(24)25/h4-5,8,10,12-13,16,23H,3,6-7,9,11,14-15H2,1-2H3. The molecule has 3 rings (SSSR count). The predicted octanol–water partition coefficient (Wildman–Crippen LogP) is 3.13. The maximum atomic E-state index is 12.8. The van der Waals surface area contributed by atoms with Crippen molar-refractivity contribution in [1.29, 1.82) is 0 Å². The minimum absolute atomic E-state index is 0.0243. The largest absolute Gasteiger partial charge is 0.495 e. The van der Waals surface area contributed by atoms with Crippen molar-refractivity contribution < 1.29 is 22.7 Å². The van der Waals surface area contributed by atoms with Gasteiger partial charge in [-0.25, -0.2) is 13.1 Å². The Morgan fingerprint density at radius 1 is 1.13 bits per heavy atom. The number of hydrogen-bond acceptors (Lipinski definition) is 5. The number of nitrogens with one attached hydrogen (secondary N) is 1. The van der Waals surface area contributed by atoms with Crippen molar-refractivity contribution in [1.82, 2.24) is 4.72 Å².